The lowest BCUT2D eigenvalue weighted by molar-refractivity contribution is 0.896. The Bertz CT molecular complexity index is 794. The Morgan fingerprint density at radius 2 is 1.77 bits per heavy atom. The zero-order chi connectivity index (χ0) is 15.4. The number of hydrogen-bond donors (Lipinski definition) is 0. The van der Waals surface area contributed by atoms with E-state index in [2.05, 4.69) is 53.2 Å². The maximum atomic E-state index is 4.55. The lowest BCUT2D eigenvalue weighted by Gasteiger charge is -2.16. The highest BCUT2D eigenvalue weighted by atomic mass is 15.4. The van der Waals surface area contributed by atoms with Gasteiger partial charge in [0.05, 0.1) is 29.1 Å². The summed E-state index contributed by atoms with van der Waals surface area (Å²) < 4.78 is 0. The molecule has 4 heteroatoms. The van der Waals surface area contributed by atoms with E-state index in [9.17, 15) is 0 Å². The number of para-hydroxylation sites is 2. The molecule has 0 unspecified atom stereocenters. The smallest absolute Gasteiger partial charge is 0.102 e. The number of benzene rings is 2. The summed E-state index contributed by atoms with van der Waals surface area (Å²) in [7, 11) is 0. The summed E-state index contributed by atoms with van der Waals surface area (Å²) in [6.45, 7) is 4.94. The van der Waals surface area contributed by atoms with Crippen molar-refractivity contribution in [2.24, 2.45) is 5.10 Å². The zero-order valence-electron chi connectivity index (χ0n) is 12.8. The normalized spacial score (nSPS) is 11.2. The van der Waals surface area contributed by atoms with Crippen LogP contribution < -0.4 is 5.01 Å². The maximum absolute atomic E-state index is 4.55. The molecular formula is C18H18N4. The molecule has 3 rings (SSSR count). The van der Waals surface area contributed by atoms with Gasteiger partial charge in [-0.25, -0.2) is 4.98 Å². The summed E-state index contributed by atoms with van der Waals surface area (Å²) in [5, 5.41) is 6.47. The van der Waals surface area contributed by atoms with Gasteiger partial charge in [0.2, 0.25) is 0 Å². The molecule has 0 saturated heterocycles. The van der Waals surface area contributed by atoms with E-state index in [0.717, 1.165) is 29.0 Å². The van der Waals surface area contributed by atoms with Crippen molar-refractivity contribution in [3.05, 3.63) is 66.0 Å². The molecule has 2 aromatic carbocycles. The first-order valence-electron chi connectivity index (χ1n) is 7.36. The molecular weight excluding hydrogens is 272 g/mol. The third-order valence-electron chi connectivity index (χ3n) is 3.43. The molecule has 0 aliphatic carbocycles. The highest BCUT2D eigenvalue weighted by molar-refractivity contribution is 5.82. The summed E-state index contributed by atoms with van der Waals surface area (Å²) in [5.41, 5.74) is 4.84. The largest absolute Gasteiger partial charge is 0.266 e. The van der Waals surface area contributed by atoms with Crippen molar-refractivity contribution < 1.29 is 0 Å². The van der Waals surface area contributed by atoms with Gasteiger partial charge in [-0.3, -0.25) is 9.99 Å². The van der Waals surface area contributed by atoms with Gasteiger partial charge in [-0.1, -0.05) is 29.8 Å². The van der Waals surface area contributed by atoms with E-state index in [0.29, 0.717) is 0 Å². The molecule has 0 radical (unpaired) electrons. The second kappa shape index (κ2) is 6.35. The first kappa shape index (κ1) is 14.2. The number of aryl methyl sites for hydroxylation is 1. The fourth-order valence-corrected chi connectivity index (χ4v) is 2.21. The molecule has 1 heterocycles. The number of hydrazone groups is 1. The summed E-state index contributed by atoms with van der Waals surface area (Å²) >= 11 is 0. The Morgan fingerprint density at radius 3 is 2.50 bits per heavy atom. The summed E-state index contributed by atoms with van der Waals surface area (Å²) in [6, 6.07) is 16.1. The van der Waals surface area contributed by atoms with E-state index in [4.69, 9.17) is 0 Å². The molecule has 22 heavy (non-hydrogen) atoms. The van der Waals surface area contributed by atoms with Crippen LogP contribution in [0.2, 0.25) is 0 Å². The standard InChI is InChI=1S/C18H18N4/c1-3-22(16-10-8-14(2)9-11-16)20-13-15-12-19-17-6-4-5-7-18(17)21-15/h4-13H,3H2,1-2H3/b20-13-. The van der Waals surface area contributed by atoms with Gasteiger partial charge in [0.25, 0.3) is 0 Å². The van der Waals surface area contributed by atoms with Crippen molar-refractivity contribution in [3.8, 4) is 0 Å². The van der Waals surface area contributed by atoms with Crippen LogP contribution >= 0.6 is 0 Å². The monoisotopic (exact) mass is 290 g/mol. The Labute approximate surface area is 130 Å². The molecule has 4 nitrogen and oxygen atoms in total. The number of fused-ring (bicyclic) bond motifs is 1. The quantitative estimate of drug-likeness (QED) is 0.542. The second-order valence-corrected chi connectivity index (χ2v) is 5.08. The van der Waals surface area contributed by atoms with Gasteiger partial charge in [-0.05, 0) is 38.1 Å². The van der Waals surface area contributed by atoms with Gasteiger partial charge in [0.15, 0.2) is 0 Å². The van der Waals surface area contributed by atoms with Crippen LogP contribution in [0.4, 0.5) is 5.69 Å². The molecule has 0 spiro atoms. The first-order valence-corrected chi connectivity index (χ1v) is 7.36. The van der Waals surface area contributed by atoms with Crippen LogP contribution in [0, 0.1) is 6.92 Å². The molecule has 0 bridgehead atoms. The molecule has 0 aliphatic heterocycles. The number of anilines is 1. The third kappa shape index (κ3) is 3.11. The average Bonchev–Trinajstić information content (AvgIpc) is 2.57. The molecule has 0 atom stereocenters. The van der Waals surface area contributed by atoms with Crippen molar-refractivity contribution in [3.63, 3.8) is 0 Å². The maximum Gasteiger partial charge on any atom is 0.102 e. The van der Waals surface area contributed by atoms with Gasteiger partial charge in [0, 0.05) is 6.54 Å². The number of hydrogen-bond acceptors (Lipinski definition) is 4. The Hall–Kier alpha value is -2.75. The molecule has 3 aromatic rings. The fraction of sp³-hybridized carbons (Fsp3) is 0.167. The van der Waals surface area contributed by atoms with Crippen molar-refractivity contribution in [2.75, 3.05) is 11.6 Å². The van der Waals surface area contributed by atoms with E-state index in [1.54, 1.807) is 12.4 Å². The third-order valence-corrected chi connectivity index (χ3v) is 3.43. The molecule has 0 N–H and O–H groups in total. The van der Waals surface area contributed by atoms with Crippen molar-refractivity contribution in [1.29, 1.82) is 0 Å². The summed E-state index contributed by atoms with van der Waals surface area (Å²) in [4.78, 5) is 8.95. The number of rotatable bonds is 4. The average molecular weight is 290 g/mol. The zero-order valence-corrected chi connectivity index (χ0v) is 12.8. The van der Waals surface area contributed by atoms with E-state index in [1.165, 1.54) is 5.56 Å². The Morgan fingerprint density at radius 1 is 1.05 bits per heavy atom. The topological polar surface area (TPSA) is 41.4 Å². The molecule has 0 amide bonds. The minimum Gasteiger partial charge on any atom is -0.266 e. The SMILES string of the molecule is CCN(/N=C\c1cnc2ccccc2n1)c1ccc(C)cc1. The van der Waals surface area contributed by atoms with Crippen LogP contribution in [0.1, 0.15) is 18.2 Å². The van der Waals surface area contributed by atoms with Gasteiger partial charge in [0.1, 0.15) is 5.69 Å². The van der Waals surface area contributed by atoms with Crippen LogP contribution in [-0.2, 0) is 0 Å². The van der Waals surface area contributed by atoms with E-state index < -0.39 is 0 Å². The highest BCUT2D eigenvalue weighted by Crippen LogP contribution is 2.15. The van der Waals surface area contributed by atoms with Crippen molar-refractivity contribution in [1.82, 2.24) is 9.97 Å². The van der Waals surface area contributed by atoms with Crippen LogP contribution in [0.25, 0.3) is 11.0 Å². The molecule has 0 aliphatic rings. The van der Waals surface area contributed by atoms with Crippen LogP contribution in [0.15, 0.2) is 59.8 Å². The van der Waals surface area contributed by atoms with Gasteiger partial charge < -0.3 is 0 Å². The van der Waals surface area contributed by atoms with Crippen molar-refractivity contribution in [2.45, 2.75) is 13.8 Å². The summed E-state index contributed by atoms with van der Waals surface area (Å²) in [5.74, 6) is 0. The predicted octanol–water partition coefficient (Wildman–Crippen LogP) is 3.80. The minimum atomic E-state index is 0.754. The lowest BCUT2D eigenvalue weighted by Crippen LogP contribution is -2.15. The van der Waals surface area contributed by atoms with Crippen LogP contribution in [0.5, 0.6) is 0 Å². The predicted molar refractivity (Wildman–Crippen MR) is 91.3 cm³/mol. The Balaban J connectivity index is 1.85. The molecule has 0 fully saturated rings. The van der Waals surface area contributed by atoms with Crippen LogP contribution in [-0.4, -0.2) is 22.7 Å². The van der Waals surface area contributed by atoms with Gasteiger partial charge in [-0.15, -0.1) is 0 Å². The minimum absolute atomic E-state index is 0.754. The van der Waals surface area contributed by atoms with Gasteiger partial charge in [-0.2, -0.15) is 5.10 Å². The van der Waals surface area contributed by atoms with E-state index >= 15 is 0 Å². The summed E-state index contributed by atoms with van der Waals surface area (Å²) in [6.07, 6.45) is 3.50. The molecule has 0 saturated carbocycles. The second-order valence-electron chi connectivity index (χ2n) is 5.08. The van der Waals surface area contributed by atoms with E-state index in [-0.39, 0.29) is 0 Å². The van der Waals surface area contributed by atoms with Gasteiger partial charge >= 0.3 is 0 Å². The lowest BCUT2D eigenvalue weighted by atomic mass is 10.2. The van der Waals surface area contributed by atoms with E-state index in [1.807, 2.05) is 29.3 Å². The Kier molecular flexibility index (Phi) is 4.10. The number of nitrogens with zero attached hydrogens (tertiary/aromatic N) is 4. The molecule has 1 aromatic heterocycles. The van der Waals surface area contributed by atoms with Crippen molar-refractivity contribution >= 4 is 22.9 Å². The first-order chi connectivity index (χ1) is 10.8. The molecule has 110 valence electrons. The van der Waals surface area contributed by atoms with Crippen LogP contribution in [0.3, 0.4) is 0 Å². The highest BCUT2D eigenvalue weighted by Gasteiger charge is 2.02. The number of aromatic nitrogens is 2. The fourth-order valence-electron chi connectivity index (χ4n) is 2.21.